The third-order valence-electron chi connectivity index (χ3n) is 2.41. The fourth-order valence-electron chi connectivity index (χ4n) is 1.24. The van der Waals surface area contributed by atoms with Crippen molar-refractivity contribution in [2.75, 3.05) is 6.61 Å². The summed E-state index contributed by atoms with van der Waals surface area (Å²) in [5.41, 5.74) is 5.28. The van der Waals surface area contributed by atoms with Gasteiger partial charge in [0.2, 0.25) is 5.91 Å². The van der Waals surface area contributed by atoms with Crippen LogP contribution >= 0.6 is 0 Å². The first-order valence-corrected chi connectivity index (χ1v) is 5.31. The number of carbonyl (C=O) groups excluding carboxylic acids is 1. The van der Waals surface area contributed by atoms with E-state index in [2.05, 4.69) is 0 Å². The molecule has 4 nitrogen and oxygen atoms in total. The number of rotatable bonds is 5. The first-order chi connectivity index (χ1) is 7.91. The molecule has 0 heterocycles. The monoisotopic (exact) mass is 241 g/mol. The number of hydrogen-bond acceptors (Lipinski definition) is 3. The minimum absolute atomic E-state index is 0.1000. The second-order valence-electron chi connectivity index (χ2n) is 3.97. The van der Waals surface area contributed by atoms with Crippen LogP contribution in [0.4, 0.5) is 4.39 Å². The molecule has 0 spiro atoms. The molecular formula is C12H16FNO3. The smallest absolute Gasteiger partial charge is 0.223 e. The van der Waals surface area contributed by atoms with Crippen molar-refractivity contribution in [2.45, 2.75) is 20.0 Å². The molecule has 0 aliphatic rings. The Balaban J connectivity index is 2.68. The highest BCUT2D eigenvalue weighted by Crippen LogP contribution is 2.21. The number of carbonyl (C=O) groups is 1. The van der Waals surface area contributed by atoms with E-state index in [4.69, 9.17) is 10.5 Å². The lowest BCUT2D eigenvalue weighted by molar-refractivity contribution is -0.122. The summed E-state index contributed by atoms with van der Waals surface area (Å²) in [5, 5.41) is 9.24. The van der Waals surface area contributed by atoms with Crippen LogP contribution < -0.4 is 10.5 Å². The molecule has 1 rings (SSSR count). The van der Waals surface area contributed by atoms with Gasteiger partial charge in [-0.3, -0.25) is 4.79 Å². The van der Waals surface area contributed by atoms with Gasteiger partial charge in [-0.1, -0.05) is 6.92 Å². The average molecular weight is 241 g/mol. The van der Waals surface area contributed by atoms with Gasteiger partial charge in [-0.05, 0) is 19.1 Å². The number of halogens is 1. The number of primary amides is 1. The van der Waals surface area contributed by atoms with Gasteiger partial charge in [0.05, 0.1) is 18.6 Å². The van der Waals surface area contributed by atoms with Crippen LogP contribution in [0.5, 0.6) is 5.75 Å². The molecular weight excluding hydrogens is 225 g/mol. The Morgan fingerprint density at radius 2 is 2.18 bits per heavy atom. The highest BCUT2D eigenvalue weighted by atomic mass is 19.1. The van der Waals surface area contributed by atoms with Crippen LogP contribution in [0.1, 0.15) is 25.5 Å². The molecule has 1 aromatic carbocycles. The summed E-state index contributed by atoms with van der Waals surface area (Å²) in [7, 11) is 0. The highest BCUT2D eigenvalue weighted by molar-refractivity contribution is 5.76. The third kappa shape index (κ3) is 3.71. The van der Waals surface area contributed by atoms with E-state index in [1.165, 1.54) is 19.1 Å². The summed E-state index contributed by atoms with van der Waals surface area (Å²) in [6, 6.07) is 4.17. The van der Waals surface area contributed by atoms with E-state index >= 15 is 0 Å². The summed E-state index contributed by atoms with van der Waals surface area (Å²) in [5.74, 6) is -1.13. The SMILES string of the molecule is CC(COc1ccc([C@H](C)O)c(F)c1)C(N)=O. The van der Waals surface area contributed by atoms with Crippen molar-refractivity contribution in [3.63, 3.8) is 0 Å². The predicted molar refractivity (Wildman–Crippen MR) is 60.9 cm³/mol. The topological polar surface area (TPSA) is 72.6 Å². The zero-order valence-electron chi connectivity index (χ0n) is 9.81. The molecule has 0 aromatic heterocycles. The van der Waals surface area contributed by atoms with Crippen LogP contribution in [-0.2, 0) is 4.79 Å². The third-order valence-corrected chi connectivity index (χ3v) is 2.41. The van der Waals surface area contributed by atoms with Crippen molar-refractivity contribution in [3.05, 3.63) is 29.6 Å². The summed E-state index contributed by atoms with van der Waals surface area (Å²) in [6.45, 7) is 3.21. The van der Waals surface area contributed by atoms with E-state index in [9.17, 15) is 14.3 Å². The molecule has 0 aliphatic heterocycles. The fourth-order valence-corrected chi connectivity index (χ4v) is 1.24. The summed E-state index contributed by atoms with van der Waals surface area (Å²) < 4.78 is 18.7. The van der Waals surface area contributed by atoms with Gasteiger partial charge in [0.15, 0.2) is 0 Å². The number of aliphatic hydroxyl groups is 1. The fraction of sp³-hybridized carbons (Fsp3) is 0.417. The lowest BCUT2D eigenvalue weighted by Crippen LogP contribution is -2.25. The van der Waals surface area contributed by atoms with Crippen molar-refractivity contribution in [1.82, 2.24) is 0 Å². The largest absolute Gasteiger partial charge is 0.493 e. The molecule has 5 heteroatoms. The Labute approximate surface area is 99.2 Å². The molecule has 3 N–H and O–H groups in total. The molecule has 0 aliphatic carbocycles. The van der Waals surface area contributed by atoms with Crippen molar-refractivity contribution >= 4 is 5.91 Å². The molecule has 1 aromatic rings. The number of aliphatic hydroxyl groups excluding tert-OH is 1. The van der Waals surface area contributed by atoms with Crippen molar-refractivity contribution in [1.29, 1.82) is 0 Å². The van der Waals surface area contributed by atoms with E-state index < -0.39 is 23.7 Å². The molecule has 0 radical (unpaired) electrons. The molecule has 0 saturated carbocycles. The van der Waals surface area contributed by atoms with Gasteiger partial charge >= 0.3 is 0 Å². The quantitative estimate of drug-likeness (QED) is 0.818. The van der Waals surface area contributed by atoms with Gasteiger partial charge in [0.25, 0.3) is 0 Å². The van der Waals surface area contributed by atoms with Gasteiger partial charge in [-0.25, -0.2) is 4.39 Å². The maximum absolute atomic E-state index is 13.5. The Morgan fingerprint density at radius 1 is 1.53 bits per heavy atom. The number of nitrogens with two attached hydrogens (primary N) is 1. The highest BCUT2D eigenvalue weighted by Gasteiger charge is 2.12. The molecule has 1 unspecified atom stereocenters. The van der Waals surface area contributed by atoms with E-state index in [0.717, 1.165) is 0 Å². The molecule has 94 valence electrons. The van der Waals surface area contributed by atoms with Crippen LogP contribution in [-0.4, -0.2) is 17.6 Å². The number of ether oxygens (including phenoxy) is 1. The maximum Gasteiger partial charge on any atom is 0.223 e. The van der Waals surface area contributed by atoms with Gasteiger partial charge in [0, 0.05) is 11.6 Å². The predicted octanol–water partition coefficient (Wildman–Crippen LogP) is 1.38. The van der Waals surface area contributed by atoms with Crippen LogP contribution in [0, 0.1) is 11.7 Å². The van der Waals surface area contributed by atoms with E-state index in [1.807, 2.05) is 0 Å². The van der Waals surface area contributed by atoms with E-state index in [0.29, 0.717) is 5.75 Å². The first-order valence-electron chi connectivity index (χ1n) is 5.31. The molecule has 1 amide bonds. The van der Waals surface area contributed by atoms with Crippen LogP contribution in [0.25, 0.3) is 0 Å². The van der Waals surface area contributed by atoms with Crippen molar-refractivity contribution < 1.29 is 19.0 Å². The standard InChI is InChI=1S/C12H16FNO3/c1-7(12(14)16)6-17-9-3-4-10(8(2)15)11(13)5-9/h3-5,7-8,15H,6H2,1-2H3,(H2,14,16)/t7?,8-/m0/s1. The minimum atomic E-state index is -0.867. The Hall–Kier alpha value is -1.62. The lowest BCUT2D eigenvalue weighted by atomic mass is 10.1. The van der Waals surface area contributed by atoms with E-state index in [1.54, 1.807) is 13.0 Å². The molecule has 0 bridgehead atoms. The zero-order chi connectivity index (χ0) is 13.0. The summed E-state index contributed by atoms with van der Waals surface area (Å²) >= 11 is 0. The van der Waals surface area contributed by atoms with Crippen LogP contribution in [0.3, 0.4) is 0 Å². The zero-order valence-corrected chi connectivity index (χ0v) is 9.81. The Morgan fingerprint density at radius 3 is 2.65 bits per heavy atom. The first kappa shape index (κ1) is 13.4. The molecule has 0 fully saturated rings. The van der Waals surface area contributed by atoms with Gasteiger partial charge in [-0.15, -0.1) is 0 Å². The average Bonchev–Trinajstić information content (AvgIpc) is 2.25. The second-order valence-corrected chi connectivity index (χ2v) is 3.97. The Bertz CT molecular complexity index is 407. The van der Waals surface area contributed by atoms with Gasteiger partial charge < -0.3 is 15.6 Å². The molecule has 2 atom stereocenters. The summed E-state index contributed by atoms with van der Waals surface area (Å²) in [6.07, 6.45) is -0.867. The second kappa shape index (κ2) is 5.63. The summed E-state index contributed by atoms with van der Waals surface area (Å²) in [4.78, 5) is 10.8. The maximum atomic E-state index is 13.5. The van der Waals surface area contributed by atoms with Crippen molar-refractivity contribution in [2.24, 2.45) is 11.7 Å². The lowest BCUT2D eigenvalue weighted by Gasteiger charge is -2.12. The van der Waals surface area contributed by atoms with Gasteiger partial charge in [-0.2, -0.15) is 0 Å². The number of amides is 1. The number of hydrogen-bond donors (Lipinski definition) is 2. The van der Waals surface area contributed by atoms with Crippen LogP contribution in [0.15, 0.2) is 18.2 Å². The van der Waals surface area contributed by atoms with E-state index in [-0.39, 0.29) is 12.2 Å². The normalized spacial score (nSPS) is 14.1. The molecule has 17 heavy (non-hydrogen) atoms. The minimum Gasteiger partial charge on any atom is -0.493 e. The number of benzene rings is 1. The van der Waals surface area contributed by atoms with Crippen LogP contribution in [0.2, 0.25) is 0 Å². The molecule has 0 saturated heterocycles. The Kier molecular flexibility index (Phi) is 4.45. The van der Waals surface area contributed by atoms with Gasteiger partial charge in [0.1, 0.15) is 11.6 Å². The van der Waals surface area contributed by atoms with Crippen molar-refractivity contribution in [3.8, 4) is 5.75 Å².